The molecule has 0 N–H and O–H groups in total. The summed E-state index contributed by atoms with van der Waals surface area (Å²) in [4.78, 5) is 0. The molecule has 0 heteroatoms. The molecule has 0 aliphatic heterocycles. The molecule has 1 aliphatic rings. The third kappa shape index (κ3) is 4.12. The van der Waals surface area contributed by atoms with E-state index in [1.165, 1.54) is 35.1 Å². The fraction of sp³-hybridized carbons (Fsp3) is 0.545. The van der Waals surface area contributed by atoms with Gasteiger partial charge in [0.15, 0.2) is 0 Å². The monoisotopic (exact) mass is 296 g/mol. The highest BCUT2D eigenvalue weighted by molar-refractivity contribution is 5.36. The Morgan fingerprint density at radius 1 is 0.818 bits per heavy atom. The first-order valence-electron chi connectivity index (χ1n) is 9.04. The van der Waals surface area contributed by atoms with Crippen LogP contribution in [0.4, 0.5) is 0 Å². The normalized spacial score (nSPS) is 21.5. The van der Waals surface area contributed by atoms with E-state index in [1.54, 1.807) is 5.57 Å². The second-order valence-corrected chi connectivity index (χ2v) is 7.10. The number of aryl methyl sites for hydroxylation is 2. The zero-order valence-corrected chi connectivity index (χ0v) is 15.1. The molecule has 0 bridgehead atoms. The Morgan fingerprint density at radius 3 is 1.91 bits per heavy atom. The van der Waals surface area contributed by atoms with Crippen molar-refractivity contribution in [1.82, 2.24) is 0 Å². The lowest BCUT2D eigenvalue weighted by molar-refractivity contribution is 0.406. The average Bonchev–Trinajstić information content (AvgIpc) is 2.53. The number of allylic oxidation sites excluding steroid dienone is 4. The summed E-state index contributed by atoms with van der Waals surface area (Å²) in [7, 11) is 0. The summed E-state index contributed by atoms with van der Waals surface area (Å²) in [6, 6.07) is 7.22. The molecule has 1 unspecified atom stereocenters. The molecule has 0 amide bonds. The minimum Gasteiger partial charge on any atom is -0.0747 e. The predicted octanol–water partition coefficient (Wildman–Crippen LogP) is 6.44. The first kappa shape index (κ1) is 17.1. The average molecular weight is 296 g/mol. The molecule has 1 atom stereocenters. The van der Waals surface area contributed by atoms with E-state index in [0.717, 1.165) is 25.7 Å². The van der Waals surface area contributed by atoms with Crippen LogP contribution in [0.3, 0.4) is 0 Å². The van der Waals surface area contributed by atoms with E-state index >= 15 is 0 Å². The van der Waals surface area contributed by atoms with Crippen molar-refractivity contribution in [3.63, 3.8) is 0 Å². The lowest BCUT2D eigenvalue weighted by Gasteiger charge is -2.32. The van der Waals surface area contributed by atoms with E-state index in [-0.39, 0.29) is 5.41 Å². The number of benzene rings is 1. The fourth-order valence-electron chi connectivity index (χ4n) is 3.73. The van der Waals surface area contributed by atoms with Crippen molar-refractivity contribution in [2.45, 2.75) is 73.1 Å². The third-order valence-electron chi connectivity index (χ3n) is 4.95. The van der Waals surface area contributed by atoms with Gasteiger partial charge in [0.25, 0.3) is 0 Å². The van der Waals surface area contributed by atoms with Crippen LogP contribution < -0.4 is 0 Å². The summed E-state index contributed by atoms with van der Waals surface area (Å²) in [5.74, 6) is 0. The van der Waals surface area contributed by atoms with Gasteiger partial charge in [-0.2, -0.15) is 0 Å². The molecule has 0 radical (unpaired) electrons. The van der Waals surface area contributed by atoms with Crippen molar-refractivity contribution in [2.24, 2.45) is 5.41 Å². The van der Waals surface area contributed by atoms with Crippen molar-refractivity contribution < 1.29 is 0 Å². The maximum absolute atomic E-state index is 2.54. The summed E-state index contributed by atoms with van der Waals surface area (Å²) in [6.07, 6.45) is 11.9. The first-order valence-corrected chi connectivity index (χ1v) is 9.04. The molecule has 2 rings (SSSR count). The molecule has 0 fully saturated rings. The number of hydrogen-bond donors (Lipinski definition) is 0. The summed E-state index contributed by atoms with van der Waals surface area (Å²) in [6.45, 7) is 11.5. The van der Waals surface area contributed by atoms with E-state index < -0.39 is 0 Å². The van der Waals surface area contributed by atoms with Gasteiger partial charge in [-0.15, -0.1) is 0 Å². The van der Waals surface area contributed by atoms with Gasteiger partial charge in [-0.1, -0.05) is 76.1 Å². The van der Waals surface area contributed by atoms with Crippen LogP contribution in [-0.2, 0) is 19.3 Å². The zero-order chi connectivity index (χ0) is 16.2. The Kier molecular flexibility index (Phi) is 5.67. The van der Waals surface area contributed by atoms with E-state index in [4.69, 9.17) is 0 Å². The molecular formula is C22H32. The quantitative estimate of drug-likeness (QED) is 0.567. The molecular weight excluding hydrogens is 264 g/mol. The highest BCUT2D eigenvalue weighted by Crippen LogP contribution is 2.39. The zero-order valence-electron chi connectivity index (χ0n) is 15.1. The van der Waals surface area contributed by atoms with E-state index in [2.05, 4.69) is 65.0 Å². The maximum Gasteiger partial charge on any atom is -0.00631 e. The van der Waals surface area contributed by atoms with Crippen LogP contribution in [0.2, 0.25) is 0 Å². The fourth-order valence-corrected chi connectivity index (χ4v) is 3.73. The van der Waals surface area contributed by atoms with Crippen molar-refractivity contribution in [2.75, 3.05) is 0 Å². The predicted molar refractivity (Wildman–Crippen MR) is 98.4 cm³/mol. The lowest BCUT2D eigenvalue weighted by Crippen LogP contribution is -2.21. The van der Waals surface area contributed by atoms with E-state index in [1.807, 2.05) is 0 Å². The molecule has 0 nitrogen and oxygen atoms in total. The van der Waals surface area contributed by atoms with Crippen molar-refractivity contribution in [3.8, 4) is 0 Å². The molecule has 0 spiro atoms. The van der Waals surface area contributed by atoms with Gasteiger partial charge in [0.2, 0.25) is 0 Å². The summed E-state index contributed by atoms with van der Waals surface area (Å²) in [5, 5.41) is 0. The van der Waals surface area contributed by atoms with Crippen LogP contribution in [0.5, 0.6) is 0 Å². The number of hydrogen-bond acceptors (Lipinski definition) is 0. The molecule has 0 saturated heterocycles. The van der Waals surface area contributed by atoms with Crippen LogP contribution in [0.15, 0.2) is 41.5 Å². The standard InChI is InChI=1S/C22H32/c1-6-17-10-18(7-2)12-21(11-17)16-22(5)14-19(8-3)13-20(9-4)15-22/h10-14H,6-9,15-16H2,1-5H3. The van der Waals surface area contributed by atoms with Gasteiger partial charge >= 0.3 is 0 Å². The molecule has 0 aromatic heterocycles. The largest absolute Gasteiger partial charge is 0.0747 e. The van der Waals surface area contributed by atoms with Gasteiger partial charge in [0, 0.05) is 0 Å². The minimum absolute atomic E-state index is 0.281. The molecule has 0 heterocycles. The Morgan fingerprint density at radius 2 is 1.41 bits per heavy atom. The van der Waals surface area contributed by atoms with E-state index in [0.29, 0.717) is 0 Å². The van der Waals surface area contributed by atoms with Crippen LogP contribution in [0.25, 0.3) is 0 Å². The van der Waals surface area contributed by atoms with E-state index in [9.17, 15) is 0 Å². The van der Waals surface area contributed by atoms with Gasteiger partial charge in [0.05, 0.1) is 0 Å². The Balaban J connectivity index is 2.29. The first-order chi connectivity index (χ1) is 10.5. The van der Waals surface area contributed by atoms with Crippen molar-refractivity contribution >= 4 is 0 Å². The maximum atomic E-state index is 2.54. The molecule has 1 aromatic rings. The molecule has 22 heavy (non-hydrogen) atoms. The lowest BCUT2D eigenvalue weighted by atomic mass is 9.72. The van der Waals surface area contributed by atoms with Gasteiger partial charge in [-0.25, -0.2) is 0 Å². The third-order valence-corrected chi connectivity index (χ3v) is 4.95. The van der Waals surface area contributed by atoms with Gasteiger partial charge < -0.3 is 0 Å². The highest BCUT2D eigenvalue weighted by atomic mass is 14.3. The van der Waals surface area contributed by atoms with Crippen LogP contribution >= 0.6 is 0 Å². The van der Waals surface area contributed by atoms with Crippen LogP contribution in [0, 0.1) is 5.41 Å². The Labute approximate surface area is 137 Å². The SMILES string of the molecule is CCC1=CC(C)(Cc2cc(CC)cc(CC)c2)CC(CC)=C1. The molecule has 1 aliphatic carbocycles. The Hall–Kier alpha value is -1.30. The second-order valence-electron chi connectivity index (χ2n) is 7.10. The van der Waals surface area contributed by atoms with Gasteiger partial charge in [0.1, 0.15) is 0 Å². The van der Waals surface area contributed by atoms with Crippen LogP contribution in [0.1, 0.15) is 70.6 Å². The Bertz CT molecular complexity index is 551. The second kappa shape index (κ2) is 7.31. The van der Waals surface area contributed by atoms with Crippen LogP contribution in [-0.4, -0.2) is 0 Å². The topological polar surface area (TPSA) is 0 Å². The smallest absolute Gasteiger partial charge is 0.00631 e. The minimum atomic E-state index is 0.281. The van der Waals surface area contributed by atoms with Crippen molar-refractivity contribution in [1.29, 1.82) is 0 Å². The molecule has 120 valence electrons. The highest BCUT2D eigenvalue weighted by Gasteiger charge is 2.26. The molecule has 0 saturated carbocycles. The van der Waals surface area contributed by atoms with Crippen molar-refractivity contribution in [3.05, 3.63) is 58.2 Å². The summed E-state index contributed by atoms with van der Waals surface area (Å²) < 4.78 is 0. The van der Waals surface area contributed by atoms with Gasteiger partial charge in [-0.05, 0) is 60.6 Å². The summed E-state index contributed by atoms with van der Waals surface area (Å²) >= 11 is 0. The summed E-state index contributed by atoms with van der Waals surface area (Å²) in [5.41, 5.74) is 7.90. The van der Waals surface area contributed by atoms with Gasteiger partial charge in [-0.3, -0.25) is 0 Å². The number of rotatable bonds is 6. The molecule has 1 aromatic carbocycles.